The Labute approximate surface area is 304 Å². The molecule has 2 aromatic carbocycles. The van der Waals surface area contributed by atoms with Gasteiger partial charge < -0.3 is 21.1 Å². The molecule has 2 aliphatic rings. The molecule has 4 amide bonds. The summed E-state index contributed by atoms with van der Waals surface area (Å²) in [6, 6.07) is 16.3. The molecule has 2 heterocycles. The second-order valence-electron chi connectivity index (χ2n) is 15.2. The van der Waals surface area contributed by atoms with Gasteiger partial charge in [0.25, 0.3) is 5.91 Å². The maximum Gasteiger partial charge on any atom is 0.407 e. The number of nitrogens with one attached hydrogen (secondary N) is 3. The van der Waals surface area contributed by atoms with E-state index >= 15 is 0 Å². The molecule has 6 rings (SSSR count). The van der Waals surface area contributed by atoms with Crippen LogP contribution in [-0.2, 0) is 20.7 Å². The van der Waals surface area contributed by atoms with Gasteiger partial charge in [0.1, 0.15) is 17.3 Å². The number of nitrogens with zero attached hydrogens (tertiary/aromatic N) is 3. The van der Waals surface area contributed by atoms with Gasteiger partial charge in [0.2, 0.25) is 11.8 Å². The first kappa shape index (κ1) is 36.5. The van der Waals surface area contributed by atoms with Gasteiger partial charge in [0.05, 0.1) is 11.7 Å². The van der Waals surface area contributed by atoms with E-state index in [1.807, 2.05) is 76.2 Å². The van der Waals surface area contributed by atoms with Gasteiger partial charge in [-0.25, -0.2) is 9.78 Å². The summed E-state index contributed by atoms with van der Waals surface area (Å²) in [5, 5.41) is 13.9. The predicted octanol–water partition coefficient (Wildman–Crippen LogP) is 5.98. The first-order valence-corrected chi connectivity index (χ1v) is 18.2. The molecular formula is C40H49N7O5. The van der Waals surface area contributed by atoms with Crippen LogP contribution >= 0.6 is 0 Å². The van der Waals surface area contributed by atoms with Crippen LogP contribution in [0.25, 0.3) is 22.0 Å². The van der Waals surface area contributed by atoms with Crippen LogP contribution in [0, 0.1) is 18.8 Å². The molecule has 2 fully saturated rings. The van der Waals surface area contributed by atoms with Crippen molar-refractivity contribution < 1.29 is 23.9 Å². The van der Waals surface area contributed by atoms with Gasteiger partial charge in [0, 0.05) is 47.3 Å². The van der Waals surface area contributed by atoms with E-state index in [0.717, 1.165) is 65.4 Å². The number of ether oxygens (including phenoxy) is 1. The molecule has 0 bridgehead atoms. The lowest BCUT2D eigenvalue weighted by Gasteiger charge is -2.36. The predicted molar refractivity (Wildman–Crippen MR) is 199 cm³/mol. The number of nitrogens with two attached hydrogens (primary N) is 1. The average molecular weight is 708 g/mol. The van der Waals surface area contributed by atoms with Crippen molar-refractivity contribution in [2.75, 3.05) is 11.4 Å². The van der Waals surface area contributed by atoms with Gasteiger partial charge in [-0.1, -0.05) is 30.3 Å². The van der Waals surface area contributed by atoms with Crippen LogP contribution in [0.1, 0.15) is 87.5 Å². The second kappa shape index (κ2) is 15.5. The van der Waals surface area contributed by atoms with E-state index in [9.17, 15) is 19.2 Å². The zero-order valence-corrected chi connectivity index (χ0v) is 30.4. The Morgan fingerprint density at radius 2 is 1.71 bits per heavy atom. The smallest absolute Gasteiger partial charge is 0.407 e. The summed E-state index contributed by atoms with van der Waals surface area (Å²) in [6.45, 7) is 7.84. The van der Waals surface area contributed by atoms with Crippen molar-refractivity contribution in [3.63, 3.8) is 0 Å². The molecule has 0 aliphatic heterocycles. The average Bonchev–Trinajstić information content (AvgIpc) is 3.56. The minimum absolute atomic E-state index is 0.152. The minimum Gasteiger partial charge on any atom is -0.444 e. The fourth-order valence-corrected chi connectivity index (χ4v) is 7.06. The molecular weight excluding hydrogens is 658 g/mol. The molecule has 5 N–H and O–H groups in total. The summed E-state index contributed by atoms with van der Waals surface area (Å²) in [5.74, 6) is -1.000. The Morgan fingerprint density at radius 1 is 0.981 bits per heavy atom. The van der Waals surface area contributed by atoms with Gasteiger partial charge in [-0.3, -0.25) is 24.4 Å². The number of aromatic nitrogens is 3. The maximum atomic E-state index is 14.4. The third kappa shape index (κ3) is 8.78. The SMILES string of the molecule is Cc1nc(C(=O)NC2CCC2)ccc1-c1ccc(C[C@@H](C(N)=O)N(c2ccc3cn[nH]c3c2)C(=O)[C@H]2CC[C@H](CNC(=O)OC(C)(C)C)CC2)cc1. The fourth-order valence-electron chi connectivity index (χ4n) is 7.06. The van der Waals surface area contributed by atoms with E-state index in [4.69, 9.17) is 10.5 Å². The number of carbonyl (C=O) groups excluding carboxylic acids is 4. The number of anilines is 1. The number of hydrogen-bond acceptors (Lipinski definition) is 7. The topological polar surface area (TPSA) is 172 Å². The van der Waals surface area contributed by atoms with Crippen molar-refractivity contribution in [2.45, 2.75) is 96.7 Å². The van der Waals surface area contributed by atoms with Crippen LogP contribution in [0.3, 0.4) is 0 Å². The molecule has 2 aliphatic carbocycles. The Bertz CT molecular complexity index is 1920. The zero-order valence-electron chi connectivity index (χ0n) is 30.4. The lowest BCUT2D eigenvalue weighted by molar-refractivity contribution is -0.127. The van der Waals surface area contributed by atoms with Crippen LogP contribution in [0.15, 0.2) is 60.8 Å². The van der Waals surface area contributed by atoms with Gasteiger partial charge in [-0.05, 0) is 114 Å². The highest BCUT2D eigenvalue weighted by atomic mass is 16.6. The Hall–Kier alpha value is -5.26. The standard InChI is InChI=1S/C40H49N7O5/c1-24-32(18-19-33(44-24)37(49)45-30-6-5-7-30)27-12-8-25(9-13-27)20-35(36(41)48)47(31-17-16-29-23-43-46-34(29)21-31)38(50)28-14-10-26(11-15-28)22-42-39(51)52-40(2,3)4/h8-9,12-13,16-19,21,23,26,28,30,35H,5-7,10-11,14-15,20,22H2,1-4H3,(H2,41,48)(H,42,51)(H,43,46)(H,45,49)/t26-,28-,35-/m0/s1. The molecule has 52 heavy (non-hydrogen) atoms. The Balaban J connectivity index is 1.17. The van der Waals surface area contributed by atoms with E-state index in [1.54, 1.807) is 17.2 Å². The number of aromatic amines is 1. The summed E-state index contributed by atoms with van der Waals surface area (Å²) in [6.07, 6.45) is 7.38. The van der Waals surface area contributed by atoms with Crippen molar-refractivity contribution in [1.82, 2.24) is 25.8 Å². The van der Waals surface area contributed by atoms with Crippen molar-refractivity contribution in [3.8, 4) is 11.1 Å². The summed E-state index contributed by atoms with van der Waals surface area (Å²) >= 11 is 0. The third-order valence-electron chi connectivity index (χ3n) is 10.2. The molecule has 0 saturated heterocycles. The zero-order chi connectivity index (χ0) is 37.0. The van der Waals surface area contributed by atoms with E-state index in [-0.39, 0.29) is 36.1 Å². The molecule has 1 atom stereocenters. The molecule has 2 aromatic heterocycles. The number of aryl methyl sites for hydroxylation is 1. The number of primary amides is 1. The molecule has 4 aromatic rings. The number of alkyl carbamates (subject to hydrolysis) is 1. The highest BCUT2D eigenvalue weighted by molar-refractivity contribution is 6.03. The molecule has 12 nitrogen and oxygen atoms in total. The summed E-state index contributed by atoms with van der Waals surface area (Å²) in [7, 11) is 0. The Kier molecular flexibility index (Phi) is 10.9. The van der Waals surface area contributed by atoms with Crippen molar-refractivity contribution in [2.24, 2.45) is 17.6 Å². The quantitative estimate of drug-likeness (QED) is 0.149. The number of carbonyl (C=O) groups is 4. The lowest BCUT2D eigenvalue weighted by atomic mass is 9.81. The van der Waals surface area contributed by atoms with Crippen LogP contribution in [0.5, 0.6) is 0 Å². The first-order valence-electron chi connectivity index (χ1n) is 18.2. The van der Waals surface area contributed by atoms with Crippen molar-refractivity contribution in [1.29, 1.82) is 0 Å². The maximum absolute atomic E-state index is 14.4. The lowest BCUT2D eigenvalue weighted by Crippen LogP contribution is -2.52. The number of hydrogen-bond donors (Lipinski definition) is 4. The highest BCUT2D eigenvalue weighted by Gasteiger charge is 2.36. The highest BCUT2D eigenvalue weighted by Crippen LogP contribution is 2.34. The van der Waals surface area contributed by atoms with Gasteiger partial charge in [-0.15, -0.1) is 0 Å². The van der Waals surface area contributed by atoms with Crippen molar-refractivity contribution >= 4 is 40.4 Å². The van der Waals surface area contributed by atoms with E-state index < -0.39 is 23.6 Å². The van der Waals surface area contributed by atoms with Crippen molar-refractivity contribution in [3.05, 3.63) is 77.7 Å². The Morgan fingerprint density at radius 3 is 2.35 bits per heavy atom. The van der Waals surface area contributed by atoms with Crippen LogP contribution in [0.2, 0.25) is 0 Å². The summed E-state index contributed by atoms with van der Waals surface area (Å²) in [5.41, 5.74) is 10.6. The number of fused-ring (bicyclic) bond motifs is 1. The number of benzene rings is 2. The van der Waals surface area contributed by atoms with Gasteiger partial charge in [0.15, 0.2) is 0 Å². The number of H-pyrrole nitrogens is 1. The number of pyridine rings is 1. The monoisotopic (exact) mass is 707 g/mol. The minimum atomic E-state index is -0.942. The van der Waals surface area contributed by atoms with E-state index in [1.165, 1.54) is 0 Å². The number of amides is 4. The normalized spacial score (nSPS) is 18.2. The fraction of sp³-hybridized carbons (Fsp3) is 0.450. The van der Waals surface area contributed by atoms with Gasteiger partial charge >= 0.3 is 6.09 Å². The second-order valence-corrected chi connectivity index (χ2v) is 15.2. The number of rotatable bonds is 11. The van der Waals surface area contributed by atoms with Crippen LogP contribution in [0.4, 0.5) is 10.5 Å². The van der Waals surface area contributed by atoms with E-state index in [0.29, 0.717) is 30.8 Å². The molecule has 274 valence electrons. The largest absolute Gasteiger partial charge is 0.444 e. The van der Waals surface area contributed by atoms with Crippen LogP contribution in [-0.4, -0.2) is 63.2 Å². The van der Waals surface area contributed by atoms with E-state index in [2.05, 4.69) is 25.8 Å². The van der Waals surface area contributed by atoms with Crippen LogP contribution < -0.4 is 21.3 Å². The third-order valence-corrected chi connectivity index (χ3v) is 10.2. The molecule has 0 unspecified atom stereocenters. The molecule has 0 radical (unpaired) electrons. The molecule has 2 saturated carbocycles. The summed E-state index contributed by atoms with van der Waals surface area (Å²) < 4.78 is 5.37. The molecule has 12 heteroatoms. The summed E-state index contributed by atoms with van der Waals surface area (Å²) in [4.78, 5) is 58.7. The molecule has 0 spiro atoms. The van der Waals surface area contributed by atoms with Gasteiger partial charge in [-0.2, -0.15) is 5.10 Å². The first-order chi connectivity index (χ1) is 24.8.